The number of nitrogens with zero attached hydrogens (tertiary/aromatic N) is 6. The summed E-state index contributed by atoms with van der Waals surface area (Å²) in [6, 6.07) is 0.708. The van der Waals surface area contributed by atoms with Crippen molar-refractivity contribution in [3.63, 3.8) is 0 Å². The lowest BCUT2D eigenvalue weighted by Crippen LogP contribution is -2.50. The number of benzene rings is 1. The first-order valence-electron chi connectivity index (χ1n) is 9.26. The second-order valence-electron chi connectivity index (χ2n) is 6.85. The number of hydrogen-bond acceptors (Lipinski definition) is 8. The average molecular weight is 454 g/mol. The molecule has 0 amide bonds. The molecule has 0 spiro atoms. The lowest BCUT2D eigenvalue weighted by Gasteiger charge is -2.39. The fraction of sp³-hybridized carbons (Fsp3) is 0.444. The van der Waals surface area contributed by atoms with Crippen molar-refractivity contribution < 1.29 is 37.0 Å². The quantitative estimate of drug-likeness (QED) is 0.215. The lowest BCUT2D eigenvalue weighted by molar-refractivity contribution is -0.191. The molecule has 0 bridgehead atoms. The zero-order valence-electron chi connectivity index (χ0n) is 16.8. The molecule has 1 aromatic carbocycles. The number of aromatic nitrogens is 3. The molecular weight excluding hydrogens is 437 g/mol. The minimum absolute atomic E-state index is 0.00643. The molecule has 2 heterocycles. The maximum absolute atomic E-state index is 13.6. The van der Waals surface area contributed by atoms with Gasteiger partial charge in [0.25, 0.3) is 0 Å². The zero-order chi connectivity index (χ0) is 23.4. The van der Waals surface area contributed by atoms with Crippen LogP contribution in [0.15, 0.2) is 23.4 Å². The molecule has 1 aliphatic heterocycles. The van der Waals surface area contributed by atoms with Gasteiger partial charge < -0.3 is 14.2 Å². The summed E-state index contributed by atoms with van der Waals surface area (Å²) in [5, 5.41) is 11.3. The van der Waals surface area contributed by atoms with Gasteiger partial charge in [-0.1, -0.05) is 10.3 Å². The first-order valence-corrected chi connectivity index (χ1v) is 9.26. The first-order chi connectivity index (χ1) is 15.2. The Bertz CT molecular complexity index is 1050. The molecule has 0 N–H and O–H groups in total. The van der Waals surface area contributed by atoms with Crippen molar-refractivity contribution in [2.24, 2.45) is 5.11 Å². The van der Waals surface area contributed by atoms with Crippen LogP contribution in [0.5, 0.6) is 0 Å². The topological polar surface area (TPSA) is 141 Å². The van der Waals surface area contributed by atoms with Crippen LogP contribution in [0, 0.1) is 17.5 Å². The Balaban J connectivity index is 1.97. The van der Waals surface area contributed by atoms with Gasteiger partial charge in [-0.3, -0.25) is 9.59 Å². The molecular formula is C18H17F3N6O5. The number of halogens is 3. The third-order valence-corrected chi connectivity index (χ3v) is 4.58. The highest BCUT2D eigenvalue weighted by Gasteiger charge is 2.43. The van der Waals surface area contributed by atoms with Crippen LogP contribution in [0.25, 0.3) is 21.7 Å². The lowest BCUT2D eigenvalue weighted by atomic mass is 9.98. The smallest absolute Gasteiger partial charge is 0.303 e. The highest BCUT2D eigenvalue weighted by atomic mass is 19.2. The van der Waals surface area contributed by atoms with Crippen LogP contribution in [0.2, 0.25) is 0 Å². The number of ether oxygens (including phenoxy) is 3. The maximum Gasteiger partial charge on any atom is 0.303 e. The molecule has 1 aromatic heterocycles. The van der Waals surface area contributed by atoms with E-state index in [1.54, 1.807) is 0 Å². The third-order valence-electron chi connectivity index (χ3n) is 4.58. The van der Waals surface area contributed by atoms with Crippen LogP contribution in [0.1, 0.15) is 26.3 Å². The summed E-state index contributed by atoms with van der Waals surface area (Å²) in [6.07, 6.45) is -1.77. The van der Waals surface area contributed by atoms with E-state index in [2.05, 4.69) is 20.3 Å². The summed E-state index contributed by atoms with van der Waals surface area (Å²) in [4.78, 5) is 25.6. The number of carbonyl (C=O) groups excluding carboxylic acids is 2. The highest BCUT2D eigenvalue weighted by Crippen LogP contribution is 2.33. The molecule has 0 radical (unpaired) electrons. The maximum atomic E-state index is 13.6. The molecule has 4 atom stereocenters. The van der Waals surface area contributed by atoms with E-state index in [1.165, 1.54) is 17.8 Å². The predicted octanol–water partition coefficient (Wildman–Crippen LogP) is 2.82. The van der Waals surface area contributed by atoms with Gasteiger partial charge in [0.2, 0.25) is 0 Å². The highest BCUT2D eigenvalue weighted by molar-refractivity contribution is 5.66. The van der Waals surface area contributed by atoms with Crippen LogP contribution in [0.4, 0.5) is 13.2 Å². The molecule has 3 rings (SSSR count). The SMILES string of the molecule is CC(=O)OC[C@H]1O[C@@H](N=[N+]=[N-])C[C@@H](n2cc(-c3cc(F)c(F)c(F)c3)nn2)[C@H]1OC(C)=O. The minimum atomic E-state index is -1.62. The van der Waals surface area contributed by atoms with Crippen LogP contribution >= 0.6 is 0 Å². The molecule has 0 unspecified atom stereocenters. The van der Waals surface area contributed by atoms with Gasteiger partial charge in [-0.2, -0.15) is 0 Å². The summed E-state index contributed by atoms with van der Waals surface area (Å²) >= 11 is 0. The van der Waals surface area contributed by atoms with E-state index in [4.69, 9.17) is 19.7 Å². The number of azide groups is 1. The van der Waals surface area contributed by atoms with E-state index in [0.717, 1.165) is 19.1 Å². The second kappa shape index (κ2) is 9.66. The molecule has 0 saturated carbocycles. The van der Waals surface area contributed by atoms with E-state index in [9.17, 15) is 22.8 Å². The monoisotopic (exact) mass is 454 g/mol. The Labute approximate surface area is 178 Å². The van der Waals surface area contributed by atoms with Gasteiger partial charge in [0, 0.05) is 30.7 Å². The molecule has 1 aliphatic rings. The summed E-state index contributed by atoms with van der Waals surface area (Å²) < 4.78 is 57.6. The normalized spacial score (nSPS) is 22.7. The van der Waals surface area contributed by atoms with Crippen LogP contribution in [-0.2, 0) is 23.8 Å². The van der Waals surface area contributed by atoms with Gasteiger partial charge in [0.05, 0.1) is 12.2 Å². The van der Waals surface area contributed by atoms with E-state index in [-0.39, 0.29) is 24.3 Å². The fourth-order valence-corrected chi connectivity index (χ4v) is 3.27. The summed E-state index contributed by atoms with van der Waals surface area (Å²) in [5.74, 6) is -5.69. The van der Waals surface area contributed by atoms with Gasteiger partial charge in [-0.05, 0) is 17.7 Å². The van der Waals surface area contributed by atoms with E-state index < -0.39 is 53.9 Å². The van der Waals surface area contributed by atoms with Crippen molar-refractivity contribution in [1.82, 2.24) is 15.0 Å². The Morgan fingerprint density at radius 2 is 1.97 bits per heavy atom. The molecule has 32 heavy (non-hydrogen) atoms. The van der Waals surface area contributed by atoms with Gasteiger partial charge in [-0.25, -0.2) is 17.9 Å². The Kier molecular flexibility index (Phi) is 6.95. The molecule has 2 aromatic rings. The van der Waals surface area contributed by atoms with Gasteiger partial charge in [-0.15, -0.1) is 5.10 Å². The predicted molar refractivity (Wildman–Crippen MR) is 99.0 cm³/mol. The summed E-state index contributed by atoms with van der Waals surface area (Å²) in [6.45, 7) is 2.03. The zero-order valence-corrected chi connectivity index (χ0v) is 16.8. The third kappa shape index (κ3) is 5.15. The molecule has 1 fully saturated rings. The summed E-state index contributed by atoms with van der Waals surface area (Å²) in [5.41, 5.74) is 8.72. The van der Waals surface area contributed by atoms with E-state index in [0.29, 0.717) is 0 Å². The standard InChI is InChI=1S/C18H17F3N6O5/c1-8(28)30-7-15-18(31-9(2)29)14(5-16(32-15)24-25-22)27-6-13(23-26-27)10-3-11(19)17(21)12(20)4-10/h3-4,6,14-16,18H,5,7H2,1-2H3/t14-,15-,16-,18-/m1/s1. The van der Waals surface area contributed by atoms with Gasteiger partial charge >= 0.3 is 11.9 Å². The average Bonchev–Trinajstić information content (AvgIpc) is 3.21. The molecule has 1 saturated heterocycles. The van der Waals surface area contributed by atoms with E-state index >= 15 is 0 Å². The van der Waals surface area contributed by atoms with Gasteiger partial charge in [0.1, 0.15) is 24.6 Å². The molecule has 170 valence electrons. The molecule has 11 nitrogen and oxygen atoms in total. The number of hydrogen-bond donors (Lipinski definition) is 0. The van der Waals surface area contributed by atoms with Crippen LogP contribution in [-0.4, -0.2) is 52.0 Å². The Hall–Kier alpha value is -3.64. The molecule has 14 heteroatoms. The second-order valence-corrected chi connectivity index (χ2v) is 6.85. The van der Waals surface area contributed by atoms with Crippen LogP contribution < -0.4 is 0 Å². The largest absolute Gasteiger partial charge is 0.463 e. The van der Waals surface area contributed by atoms with Crippen molar-refractivity contribution in [2.45, 2.75) is 44.7 Å². The Morgan fingerprint density at radius 1 is 1.28 bits per heavy atom. The fourth-order valence-electron chi connectivity index (χ4n) is 3.27. The number of carbonyl (C=O) groups is 2. The number of esters is 2. The minimum Gasteiger partial charge on any atom is -0.463 e. The van der Waals surface area contributed by atoms with Gasteiger partial charge in [0.15, 0.2) is 23.6 Å². The number of rotatable bonds is 6. The van der Waals surface area contributed by atoms with Crippen molar-refractivity contribution in [3.05, 3.63) is 46.2 Å². The van der Waals surface area contributed by atoms with E-state index in [1.807, 2.05) is 0 Å². The first kappa shape index (κ1) is 23.0. The summed E-state index contributed by atoms with van der Waals surface area (Å²) in [7, 11) is 0. The van der Waals surface area contributed by atoms with Crippen molar-refractivity contribution in [3.8, 4) is 11.3 Å². The van der Waals surface area contributed by atoms with Crippen molar-refractivity contribution >= 4 is 11.9 Å². The van der Waals surface area contributed by atoms with Crippen molar-refractivity contribution in [2.75, 3.05) is 6.61 Å². The van der Waals surface area contributed by atoms with Crippen LogP contribution in [0.3, 0.4) is 0 Å². The molecule has 0 aliphatic carbocycles. The van der Waals surface area contributed by atoms with Crippen molar-refractivity contribution in [1.29, 1.82) is 0 Å². The Morgan fingerprint density at radius 3 is 2.56 bits per heavy atom.